The van der Waals surface area contributed by atoms with Crippen molar-refractivity contribution in [3.8, 4) is 17.2 Å². The van der Waals surface area contributed by atoms with E-state index < -0.39 is 0 Å². The number of ether oxygens (including phenoxy) is 3. The fourth-order valence-electron chi connectivity index (χ4n) is 2.27. The maximum atomic E-state index is 12.2. The number of halogens is 1. The minimum atomic E-state index is -0.111. The number of hydrogen-bond acceptors (Lipinski definition) is 4. The van der Waals surface area contributed by atoms with Crippen molar-refractivity contribution < 1.29 is 19.0 Å². The van der Waals surface area contributed by atoms with Crippen LogP contribution in [0.15, 0.2) is 42.5 Å². The number of para-hydroxylation sites is 1. The van der Waals surface area contributed by atoms with Crippen molar-refractivity contribution in [2.75, 3.05) is 34.4 Å². The van der Waals surface area contributed by atoms with Crippen molar-refractivity contribution in [3.05, 3.63) is 53.1 Å². The van der Waals surface area contributed by atoms with E-state index in [1.165, 1.54) is 0 Å². The average molecular weight is 364 g/mol. The predicted molar refractivity (Wildman–Crippen MR) is 97.8 cm³/mol. The quantitative estimate of drug-likeness (QED) is 0.721. The summed E-state index contributed by atoms with van der Waals surface area (Å²) in [4.78, 5) is 13.8. The second-order valence-corrected chi connectivity index (χ2v) is 5.88. The minimum absolute atomic E-state index is 0.0494. The maximum Gasteiger partial charge on any atom is 0.260 e. The largest absolute Gasteiger partial charge is 0.493 e. The number of nitrogens with zero attached hydrogens (tertiary/aromatic N) is 1. The van der Waals surface area contributed by atoms with E-state index in [2.05, 4.69) is 0 Å². The average Bonchev–Trinajstić information content (AvgIpc) is 2.64. The van der Waals surface area contributed by atoms with Crippen LogP contribution in [0.25, 0.3) is 0 Å². The van der Waals surface area contributed by atoms with Crippen LogP contribution in [-0.4, -0.2) is 45.2 Å². The van der Waals surface area contributed by atoms with Gasteiger partial charge in [-0.3, -0.25) is 4.79 Å². The SMILES string of the molecule is COc1ccc(CCN(C)C(=O)COc2ccccc2Cl)cc1OC. The van der Waals surface area contributed by atoms with E-state index in [1.807, 2.05) is 30.3 Å². The van der Waals surface area contributed by atoms with Crippen LogP contribution < -0.4 is 14.2 Å². The van der Waals surface area contributed by atoms with Crippen LogP contribution in [0.2, 0.25) is 5.02 Å². The molecule has 0 aliphatic carbocycles. The van der Waals surface area contributed by atoms with Crippen molar-refractivity contribution in [2.24, 2.45) is 0 Å². The van der Waals surface area contributed by atoms with Gasteiger partial charge in [-0.2, -0.15) is 0 Å². The normalized spacial score (nSPS) is 10.2. The fraction of sp³-hybridized carbons (Fsp3) is 0.316. The Morgan fingerprint density at radius 1 is 1.04 bits per heavy atom. The minimum Gasteiger partial charge on any atom is -0.493 e. The Balaban J connectivity index is 1.86. The zero-order valence-electron chi connectivity index (χ0n) is 14.6. The number of hydrogen-bond donors (Lipinski definition) is 0. The van der Waals surface area contributed by atoms with E-state index >= 15 is 0 Å². The van der Waals surface area contributed by atoms with Crippen LogP contribution in [0.5, 0.6) is 17.2 Å². The summed E-state index contributed by atoms with van der Waals surface area (Å²) in [6.45, 7) is 0.520. The molecule has 2 aromatic carbocycles. The Morgan fingerprint density at radius 2 is 1.76 bits per heavy atom. The highest BCUT2D eigenvalue weighted by molar-refractivity contribution is 6.32. The molecule has 2 aromatic rings. The molecule has 6 heteroatoms. The van der Waals surface area contributed by atoms with Gasteiger partial charge in [0.05, 0.1) is 19.2 Å². The highest BCUT2D eigenvalue weighted by atomic mass is 35.5. The molecule has 2 rings (SSSR count). The van der Waals surface area contributed by atoms with Crippen molar-refractivity contribution in [3.63, 3.8) is 0 Å². The van der Waals surface area contributed by atoms with Gasteiger partial charge in [0.1, 0.15) is 5.75 Å². The zero-order valence-corrected chi connectivity index (χ0v) is 15.4. The van der Waals surface area contributed by atoms with Gasteiger partial charge in [0.25, 0.3) is 5.91 Å². The molecular weight excluding hydrogens is 342 g/mol. The van der Waals surface area contributed by atoms with Crippen LogP contribution in [0, 0.1) is 0 Å². The van der Waals surface area contributed by atoms with Crippen LogP contribution in [0.4, 0.5) is 0 Å². The van der Waals surface area contributed by atoms with E-state index in [9.17, 15) is 4.79 Å². The number of carbonyl (C=O) groups excluding carboxylic acids is 1. The number of carbonyl (C=O) groups is 1. The van der Waals surface area contributed by atoms with Crippen molar-refractivity contribution >= 4 is 17.5 Å². The van der Waals surface area contributed by atoms with E-state index in [0.717, 1.165) is 5.56 Å². The Kier molecular flexibility index (Phi) is 6.95. The summed E-state index contributed by atoms with van der Waals surface area (Å²) >= 11 is 6.01. The van der Waals surface area contributed by atoms with Gasteiger partial charge in [-0.15, -0.1) is 0 Å². The second kappa shape index (κ2) is 9.18. The van der Waals surface area contributed by atoms with Gasteiger partial charge in [0, 0.05) is 13.6 Å². The molecule has 0 heterocycles. The topological polar surface area (TPSA) is 48.0 Å². The fourth-order valence-corrected chi connectivity index (χ4v) is 2.46. The number of benzene rings is 2. The summed E-state index contributed by atoms with van der Waals surface area (Å²) < 4.78 is 16.0. The van der Waals surface area contributed by atoms with E-state index in [4.69, 9.17) is 25.8 Å². The molecule has 134 valence electrons. The maximum absolute atomic E-state index is 12.2. The van der Waals surface area contributed by atoms with Gasteiger partial charge >= 0.3 is 0 Å². The van der Waals surface area contributed by atoms with Gasteiger partial charge in [-0.25, -0.2) is 0 Å². The number of methoxy groups -OCH3 is 2. The van der Waals surface area contributed by atoms with E-state index in [0.29, 0.717) is 35.2 Å². The first kappa shape index (κ1) is 18.9. The molecule has 0 saturated heterocycles. The van der Waals surface area contributed by atoms with Crippen LogP contribution >= 0.6 is 11.6 Å². The third-order valence-corrected chi connectivity index (χ3v) is 4.11. The molecule has 0 radical (unpaired) electrons. The lowest BCUT2D eigenvalue weighted by molar-refractivity contribution is -0.132. The predicted octanol–water partition coefficient (Wildman–Crippen LogP) is 3.44. The summed E-state index contributed by atoms with van der Waals surface area (Å²) in [6.07, 6.45) is 0.703. The third-order valence-electron chi connectivity index (χ3n) is 3.80. The summed E-state index contributed by atoms with van der Waals surface area (Å²) in [5.74, 6) is 1.76. The van der Waals surface area contributed by atoms with Crippen molar-refractivity contribution in [2.45, 2.75) is 6.42 Å². The number of likely N-dealkylation sites (N-methyl/N-ethyl adjacent to an activating group) is 1. The van der Waals surface area contributed by atoms with Gasteiger partial charge in [0.2, 0.25) is 0 Å². The molecule has 1 amide bonds. The molecular formula is C19H22ClNO4. The monoisotopic (exact) mass is 363 g/mol. The van der Waals surface area contributed by atoms with Gasteiger partial charge < -0.3 is 19.1 Å². The molecule has 0 N–H and O–H groups in total. The second-order valence-electron chi connectivity index (χ2n) is 5.47. The third kappa shape index (κ3) is 5.29. The smallest absolute Gasteiger partial charge is 0.260 e. The standard InChI is InChI=1S/C19H22ClNO4/c1-21(19(22)13-25-16-7-5-4-6-15(16)20)11-10-14-8-9-17(23-2)18(12-14)24-3/h4-9,12H,10-11,13H2,1-3H3. The van der Waals surface area contributed by atoms with Gasteiger partial charge in [0.15, 0.2) is 18.1 Å². The molecule has 0 aliphatic rings. The van der Waals surface area contributed by atoms with Gasteiger partial charge in [-0.1, -0.05) is 29.8 Å². The Hall–Kier alpha value is -2.40. The van der Waals surface area contributed by atoms with Crippen LogP contribution in [0.1, 0.15) is 5.56 Å². The van der Waals surface area contributed by atoms with E-state index in [1.54, 1.807) is 38.3 Å². The summed E-state index contributed by atoms with van der Waals surface area (Å²) in [7, 11) is 4.95. The molecule has 0 unspecified atom stereocenters. The molecule has 5 nitrogen and oxygen atoms in total. The van der Waals surface area contributed by atoms with Gasteiger partial charge in [-0.05, 0) is 36.2 Å². The lowest BCUT2D eigenvalue weighted by Crippen LogP contribution is -2.33. The molecule has 0 fully saturated rings. The highest BCUT2D eigenvalue weighted by Gasteiger charge is 2.12. The Morgan fingerprint density at radius 3 is 2.44 bits per heavy atom. The summed E-state index contributed by atoms with van der Waals surface area (Å²) in [5.41, 5.74) is 1.06. The Labute approximate surface area is 153 Å². The van der Waals surface area contributed by atoms with Crippen molar-refractivity contribution in [1.82, 2.24) is 4.90 Å². The first-order chi connectivity index (χ1) is 12.0. The number of rotatable bonds is 8. The summed E-state index contributed by atoms with van der Waals surface area (Å²) in [5, 5.41) is 0.489. The first-order valence-corrected chi connectivity index (χ1v) is 8.25. The lowest BCUT2D eigenvalue weighted by atomic mass is 10.1. The Bertz CT molecular complexity index is 720. The molecule has 25 heavy (non-hydrogen) atoms. The lowest BCUT2D eigenvalue weighted by Gasteiger charge is -2.18. The molecule has 0 bridgehead atoms. The highest BCUT2D eigenvalue weighted by Crippen LogP contribution is 2.27. The zero-order chi connectivity index (χ0) is 18.2. The van der Waals surface area contributed by atoms with Crippen LogP contribution in [0.3, 0.4) is 0 Å². The molecule has 0 saturated carbocycles. The molecule has 0 aromatic heterocycles. The summed E-state index contributed by atoms with van der Waals surface area (Å²) in [6, 6.07) is 12.8. The van der Waals surface area contributed by atoms with Crippen molar-refractivity contribution in [1.29, 1.82) is 0 Å². The molecule has 0 spiro atoms. The first-order valence-electron chi connectivity index (χ1n) is 7.87. The van der Waals surface area contributed by atoms with E-state index in [-0.39, 0.29) is 12.5 Å². The molecule has 0 aliphatic heterocycles. The molecule has 0 atom stereocenters. The van der Waals surface area contributed by atoms with Crippen LogP contribution in [-0.2, 0) is 11.2 Å². The number of amides is 1.